The van der Waals surface area contributed by atoms with Crippen LogP contribution in [0.2, 0.25) is 0 Å². The molecule has 130 valence electrons. The lowest BCUT2D eigenvalue weighted by atomic mass is 9.73. The average molecular weight is 335 g/mol. The number of aliphatic carboxylic acids is 1. The molecule has 1 saturated heterocycles. The van der Waals surface area contributed by atoms with E-state index >= 15 is 0 Å². The lowest BCUT2D eigenvalue weighted by molar-refractivity contribution is -0.143. The number of carbonyl (C=O) groups excluding carboxylic acids is 1. The van der Waals surface area contributed by atoms with Crippen LogP contribution in [0.1, 0.15) is 31.7 Å². The molecule has 0 spiro atoms. The van der Waals surface area contributed by atoms with E-state index in [-0.39, 0.29) is 6.42 Å². The highest BCUT2D eigenvalue weighted by molar-refractivity contribution is 5.91. The van der Waals surface area contributed by atoms with Gasteiger partial charge in [-0.1, -0.05) is 24.3 Å². The molecule has 1 fully saturated rings. The molecule has 1 atom stereocenters. The van der Waals surface area contributed by atoms with Crippen LogP contribution in [0, 0.1) is 5.82 Å². The molecule has 1 aliphatic heterocycles. The third kappa shape index (κ3) is 4.00. The van der Waals surface area contributed by atoms with E-state index in [0.717, 1.165) is 0 Å². The third-order valence-electron chi connectivity index (χ3n) is 4.37. The molecule has 2 N–H and O–H groups in total. The molecule has 1 heterocycles. The van der Waals surface area contributed by atoms with Gasteiger partial charge < -0.3 is 15.2 Å². The van der Waals surface area contributed by atoms with Gasteiger partial charge in [-0.15, -0.1) is 0 Å². The molecule has 0 bridgehead atoms. The summed E-state index contributed by atoms with van der Waals surface area (Å²) in [5.41, 5.74) is -0.414. The first-order chi connectivity index (χ1) is 11.5. The lowest BCUT2D eigenvalue weighted by Crippen LogP contribution is -2.52. The average Bonchev–Trinajstić information content (AvgIpc) is 2.58. The maximum Gasteiger partial charge on any atom is 0.326 e. The number of ether oxygens (including phenoxy) is 1. The van der Waals surface area contributed by atoms with Crippen LogP contribution in [0.25, 0.3) is 0 Å². The molecule has 5 nitrogen and oxygen atoms in total. The van der Waals surface area contributed by atoms with E-state index in [9.17, 15) is 19.1 Å². The summed E-state index contributed by atoms with van der Waals surface area (Å²) in [5, 5.41) is 11.9. The molecule has 0 saturated carbocycles. The Morgan fingerprint density at radius 1 is 1.42 bits per heavy atom. The lowest BCUT2D eigenvalue weighted by Gasteiger charge is -2.37. The monoisotopic (exact) mass is 335 g/mol. The molecule has 1 unspecified atom stereocenters. The van der Waals surface area contributed by atoms with Gasteiger partial charge in [0.1, 0.15) is 11.9 Å². The Balaban J connectivity index is 2.30. The number of halogens is 1. The van der Waals surface area contributed by atoms with Gasteiger partial charge in [-0.2, -0.15) is 0 Å². The van der Waals surface area contributed by atoms with Gasteiger partial charge in [0.25, 0.3) is 0 Å². The fraction of sp³-hybridized carbons (Fsp3) is 0.444. The van der Waals surface area contributed by atoms with Crippen LogP contribution >= 0.6 is 0 Å². The van der Waals surface area contributed by atoms with Gasteiger partial charge in [-0.05, 0) is 43.9 Å². The normalized spacial score (nSPS) is 18.2. The van der Waals surface area contributed by atoms with Gasteiger partial charge in [-0.3, -0.25) is 4.79 Å². The van der Waals surface area contributed by atoms with Gasteiger partial charge in [0, 0.05) is 13.2 Å². The van der Waals surface area contributed by atoms with Crippen molar-refractivity contribution < 1.29 is 23.8 Å². The van der Waals surface area contributed by atoms with Crippen molar-refractivity contribution in [3.8, 4) is 0 Å². The fourth-order valence-corrected chi connectivity index (χ4v) is 2.94. The third-order valence-corrected chi connectivity index (χ3v) is 4.37. The first-order valence-electron chi connectivity index (χ1n) is 7.98. The van der Waals surface area contributed by atoms with Crippen LogP contribution in [0.4, 0.5) is 4.39 Å². The minimum Gasteiger partial charge on any atom is -0.480 e. The summed E-state index contributed by atoms with van der Waals surface area (Å²) in [5.74, 6) is -1.91. The number of amides is 1. The summed E-state index contributed by atoms with van der Waals surface area (Å²) in [6.07, 6.45) is 4.40. The maximum absolute atomic E-state index is 13.6. The number of benzene rings is 1. The Bertz CT molecular complexity index is 623. The molecular formula is C18H22FNO4. The van der Waals surface area contributed by atoms with Crippen molar-refractivity contribution in [2.75, 3.05) is 13.2 Å². The number of allylic oxidation sites excluding steroid dienone is 1. The molecule has 2 rings (SSSR count). The van der Waals surface area contributed by atoms with Gasteiger partial charge >= 0.3 is 5.97 Å². The Morgan fingerprint density at radius 3 is 2.71 bits per heavy atom. The zero-order valence-electron chi connectivity index (χ0n) is 13.6. The van der Waals surface area contributed by atoms with E-state index < -0.39 is 29.2 Å². The second-order valence-corrected chi connectivity index (χ2v) is 5.87. The quantitative estimate of drug-likeness (QED) is 0.783. The SMILES string of the molecule is C/C=C/CC(NC(=O)C1(c2cccc(F)c2)CCOCC1)C(=O)O. The van der Waals surface area contributed by atoms with E-state index in [4.69, 9.17) is 4.74 Å². The fourth-order valence-electron chi connectivity index (χ4n) is 2.94. The van der Waals surface area contributed by atoms with Crippen molar-refractivity contribution >= 4 is 11.9 Å². The number of hydrogen-bond acceptors (Lipinski definition) is 3. The van der Waals surface area contributed by atoms with Crippen LogP contribution in [-0.4, -0.2) is 36.2 Å². The van der Waals surface area contributed by atoms with Crippen molar-refractivity contribution in [1.82, 2.24) is 5.32 Å². The molecule has 1 aromatic carbocycles. The van der Waals surface area contributed by atoms with Crippen LogP contribution in [0.15, 0.2) is 36.4 Å². The standard InChI is InChI=1S/C18H22FNO4/c1-2-3-7-15(16(21)22)20-17(23)18(8-10-24-11-9-18)13-5-4-6-14(19)12-13/h2-6,12,15H,7-11H2,1H3,(H,20,23)(H,21,22)/b3-2+. The molecule has 6 heteroatoms. The van der Waals surface area contributed by atoms with Crippen LogP contribution < -0.4 is 5.32 Å². The van der Waals surface area contributed by atoms with Crippen molar-refractivity contribution in [2.24, 2.45) is 0 Å². The van der Waals surface area contributed by atoms with E-state index in [1.54, 1.807) is 31.2 Å². The number of hydrogen-bond donors (Lipinski definition) is 2. The first kappa shape index (κ1) is 18.1. The van der Waals surface area contributed by atoms with E-state index in [1.807, 2.05) is 0 Å². The molecule has 1 aliphatic rings. The highest BCUT2D eigenvalue weighted by Gasteiger charge is 2.43. The van der Waals surface area contributed by atoms with E-state index in [1.165, 1.54) is 12.1 Å². The largest absolute Gasteiger partial charge is 0.480 e. The Morgan fingerprint density at radius 2 is 2.12 bits per heavy atom. The highest BCUT2D eigenvalue weighted by Crippen LogP contribution is 2.35. The summed E-state index contributed by atoms with van der Waals surface area (Å²) in [6.45, 7) is 2.53. The number of nitrogens with one attached hydrogen (secondary N) is 1. The predicted octanol–water partition coefficient (Wildman–Crippen LogP) is 2.41. The van der Waals surface area contributed by atoms with Gasteiger partial charge in [-0.25, -0.2) is 9.18 Å². The second kappa shape index (κ2) is 8.06. The molecule has 0 aromatic heterocycles. The zero-order chi connectivity index (χ0) is 17.6. The molecule has 0 radical (unpaired) electrons. The molecule has 1 amide bonds. The second-order valence-electron chi connectivity index (χ2n) is 5.87. The molecule has 0 aliphatic carbocycles. The van der Waals surface area contributed by atoms with Gasteiger partial charge in [0.2, 0.25) is 5.91 Å². The van der Waals surface area contributed by atoms with Crippen molar-refractivity contribution in [1.29, 1.82) is 0 Å². The van der Waals surface area contributed by atoms with Gasteiger partial charge in [0.05, 0.1) is 5.41 Å². The summed E-state index contributed by atoms with van der Waals surface area (Å²) < 4.78 is 19.0. The molecular weight excluding hydrogens is 313 g/mol. The first-order valence-corrected chi connectivity index (χ1v) is 7.98. The van der Waals surface area contributed by atoms with Gasteiger partial charge in [0.15, 0.2) is 0 Å². The smallest absolute Gasteiger partial charge is 0.326 e. The van der Waals surface area contributed by atoms with Crippen molar-refractivity contribution in [2.45, 2.75) is 37.6 Å². The molecule has 1 aromatic rings. The molecule has 24 heavy (non-hydrogen) atoms. The summed E-state index contributed by atoms with van der Waals surface area (Å²) in [6, 6.07) is 4.91. The summed E-state index contributed by atoms with van der Waals surface area (Å²) in [7, 11) is 0. The number of rotatable bonds is 6. The van der Waals surface area contributed by atoms with Crippen LogP contribution in [0.5, 0.6) is 0 Å². The van der Waals surface area contributed by atoms with Crippen molar-refractivity contribution in [3.63, 3.8) is 0 Å². The maximum atomic E-state index is 13.6. The predicted molar refractivity (Wildman–Crippen MR) is 87.1 cm³/mol. The minimum atomic E-state index is -1.09. The number of carboxylic acid groups (broad SMARTS) is 1. The van der Waals surface area contributed by atoms with Crippen molar-refractivity contribution in [3.05, 3.63) is 47.8 Å². The zero-order valence-corrected chi connectivity index (χ0v) is 13.6. The van der Waals surface area contributed by atoms with E-state index in [0.29, 0.717) is 31.6 Å². The summed E-state index contributed by atoms with van der Waals surface area (Å²) >= 11 is 0. The summed E-state index contributed by atoms with van der Waals surface area (Å²) in [4.78, 5) is 24.3. The minimum absolute atomic E-state index is 0.202. The Kier molecular flexibility index (Phi) is 6.09. The number of carboxylic acids is 1. The Hall–Kier alpha value is -2.21. The van der Waals surface area contributed by atoms with Crippen LogP contribution in [-0.2, 0) is 19.7 Å². The number of carbonyl (C=O) groups is 2. The topological polar surface area (TPSA) is 75.6 Å². The Labute approximate surface area is 140 Å². The van der Waals surface area contributed by atoms with Crippen LogP contribution in [0.3, 0.4) is 0 Å². The highest BCUT2D eigenvalue weighted by atomic mass is 19.1. The van der Waals surface area contributed by atoms with E-state index in [2.05, 4.69) is 5.32 Å².